The number of nitrogens with one attached hydrogen (secondary N) is 1. The number of carbonyl (C=O) groups is 1. The summed E-state index contributed by atoms with van der Waals surface area (Å²) >= 11 is 1.35. The molecule has 2 aromatic heterocycles. The van der Waals surface area contributed by atoms with Crippen LogP contribution in [0.5, 0.6) is 5.75 Å². The van der Waals surface area contributed by atoms with Crippen LogP contribution in [0.3, 0.4) is 0 Å². The first-order chi connectivity index (χ1) is 11.2. The second-order valence-electron chi connectivity index (χ2n) is 4.90. The molecular weight excluding hydrogens is 314 g/mol. The highest BCUT2D eigenvalue weighted by molar-refractivity contribution is 7.17. The van der Waals surface area contributed by atoms with Gasteiger partial charge in [-0.05, 0) is 17.5 Å². The molecule has 0 fully saturated rings. The molecule has 0 aliphatic rings. The Kier molecular flexibility index (Phi) is 4.38. The first-order valence-electron chi connectivity index (χ1n) is 7.01. The van der Waals surface area contributed by atoms with E-state index in [9.17, 15) is 9.59 Å². The van der Waals surface area contributed by atoms with Gasteiger partial charge in [0, 0.05) is 17.5 Å². The van der Waals surface area contributed by atoms with E-state index in [1.807, 2.05) is 35.7 Å². The summed E-state index contributed by atoms with van der Waals surface area (Å²) in [5, 5.41) is 9.44. The predicted octanol–water partition coefficient (Wildman–Crippen LogP) is 1.78. The third-order valence-corrected chi connectivity index (χ3v) is 4.34. The van der Waals surface area contributed by atoms with Crippen molar-refractivity contribution in [3.8, 4) is 5.75 Å². The Labute approximate surface area is 136 Å². The number of rotatable bonds is 5. The zero-order chi connectivity index (χ0) is 16.2. The Hall–Kier alpha value is -2.67. The zero-order valence-corrected chi connectivity index (χ0v) is 13.3. The van der Waals surface area contributed by atoms with Gasteiger partial charge in [-0.15, -0.1) is 11.3 Å². The molecule has 6 nitrogen and oxygen atoms in total. The summed E-state index contributed by atoms with van der Waals surface area (Å²) in [6.45, 7) is 0.223. The Balaban J connectivity index is 1.69. The van der Waals surface area contributed by atoms with Crippen molar-refractivity contribution >= 4 is 27.3 Å². The van der Waals surface area contributed by atoms with Crippen LogP contribution < -0.4 is 15.6 Å². The van der Waals surface area contributed by atoms with Crippen LogP contribution in [-0.2, 0) is 17.9 Å². The molecule has 1 aromatic carbocycles. The molecule has 0 spiro atoms. The number of benzene rings is 1. The molecule has 0 aliphatic heterocycles. The molecule has 0 aliphatic carbocycles. The fraction of sp³-hybridized carbons (Fsp3) is 0.188. The van der Waals surface area contributed by atoms with E-state index in [0.717, 1.165) is 10.9 Å². The number of para-hydroxylation sites is 1. The number of aromatic nitrogens is 2. The molecule has 1 amide bonds. The Bertz CT molecular complexity index is 901. The second-order valence-corrected chi connectivity index (χ2v) is 5.82. The molecule has 0 radical (unpaired) electrons. The minimum Gasteiger partial charge on any atom is -0.496 e. The second kappa shape index (κ2) is 6.62. The number of thiophene rings is 1. The van der Waals surface area contributed by atoms with Crippen molar-refractivity contribution in [1.29, 1.82) is 0 Å². The van der Waals surface area contributed by atoms with E-state index < -0.39 is 0 Å². The maximum atomic E-state index is 12.2. The minimum absolute atomic E-state index is 0.109. The standard InChI is InChI=1S/C16H15N3O3S/c1-22-13-5-3-2-4-11(13)8-17-14(20)10-19-16(21)15-12(9-18-19)6-7-23-15/h2-7,9H,8,10H2,1H3,(H,17,20). The maximum absolute atomic E-state index is 12.2. The lowest BCUT2D eigenvalue weighted by atomic mass is 10.2. The normalized spacial score (nSPS) is 10.7. The quantitative estimate of drug-likeness (QED) is 0.774. The lowest BCUT2D eigenvalue weighted by molar-refractivity contribution is -0.122. The highest BCUT2D eigenvalue weighted by Crippen LogP contribution is 2.17. The van der Waals surface area contributed by atoms with Gasteiger partial charge in [-0.25, -0.2) is 4.68 Å². The van der Waals surface area contributed by atoms with Gasteiger partial charge in [0.1, 0.15) is 17.0 Å². The number of hydrogen-bond acceptors (Lipinski definition) is 5. The van der Waals surface area contributed by atoms with Gasteiger partial charge < -0.3 is 10.1 Å². The average Bonchev–Trinajstić information content (AvgIpc) is 3.05. The Morgan fingerprint density at radius 3 is 3.00 bits per heavy atom. The molecule has 0 bridgehead atoms. The monoisotopic (exact) mass is 329 g/mol. The van der Waals surface area contributed by atoms with Crippen LogP contribution in [0, 0.1) is 0 Å². The SMILES string of the molecule is COc1ccccc1CNC(=O)Cn1ncc2ccsc2c1=O. The summed E-state index contributed by atoms with van der Waals surface area (Å²) < 4.78 is 7.02. The van der Waals surface area contributed by atoms with Crippen molar-refractivity contribution in [2.75, 3.05) is 7.11 Å². The minimum atomic E-state index is -0.276. The molecule has 118 valence electrons. The highest BCUT2D eigenvalue weighted by Gasteiger charge is 2.10. The van der Waals surface area contributed by atoms with E-state index in [2.05, 4.69) is 10.4 Å². The molecule has 0 atom stereocenters. The summed E-state index contributed by atoms with van der Waals surface area (Å²) in [7, 11) is 1.58. The molecule has 7 heteroatoms. The summed E-state index contributed by atoms with van der Waals surface area (Å²) in [4.78, 5) is 24.3. The van der Waals surface area contributed by atoms with E-state index in [0.29, 0.717) is 17.0 Å². The average molecular weight is 329 g/mol. The van der Waals surface area contributed by atoms with Crippen LogP contribution in [-0.4, -0.2) is 22.8 Å². The number of nitrogens with zero attached hydrogens (tertiary/aromatic N) is 2. The number of methoxy groups -OCH3 is 1. The molecule has 2 heterocycles. The number of amides is 1. The summed E-state index contributed by atoms with van der Waals surface area (Å²) in [5.41, 5.74) is 0.627. The van der Waals surface area contributed by atoms with Gasteiger partial charge in [-0.3, -0.25) is 9.59 Å². The van der Waals surface area contributed by atoms with Crippen LogP contribution in [0.4, 0.5) is 0 Å². The van der Waals surface area contributed by atoms with Crippen molar-refractivity contribution in [3.05, 3.63) is 57.8 Å². The van der Waals surface area contributed by atoms with Crippen LogP contribution in [0.1, 0.15) is 5.56 Å². The largest absolute Gasteiger partial charge is 0.496 e. The third kappa shape index (κ3) is 3.24. The molecule has 0 saturated carbocycles. The lowest BCUT2D eigenvalue weighted by Gasteiger charge is -2.10. The van der Waals surface area contributed by atoms with E-state index in [1.165, 1.54) is 16.0 Å². The number of carbonyl (C=O) groups excluding carboxylic acids is 1. The zero-order valence-electron chi connectivity index (χ0n) is 12.5. The van der Waals surface area contributed by atoms with Crippen LogP contribution >= 0.6 is 11.3 Å². The Morgan fingerprint density at radius 1 is 1.35 bits per heavy atom. The topological polar surface area (TPSA) is 73.2 Å². The van der Waals surface area contributed by atoms with Crippen molar-refractivity contribution < 1.29 is 9.53 Å². The summed E-state index contributed by atoms with van der Waals surface area (Å²) in [5.74, 6) is 0.435. The smallest absolute Gasteiger partial charge is 0.285 e. The molecule has 0 unspecified atom stereocenters. The lowest BCUT2D eigenvalue weighted by Crippen LogP contribution is -2.33. The van der Waals surface area contributed by atoms with Crippen molar-refractivity contribution in [2.24, 2.45) is 0 Å². The van der Waals surface area contributed by atoms with E-state index in [-0.39, 0.29) is 18.0 Å². The Morgan fingerprint density at radius 2 is 2.17 bits per heavy atom. The first kappa shape index (κ1) is 15.2. The van der Waals surface area contributed by atoms with Crippen LogP contribution in [0.25, 0.3) is 10.1 Å². The summed E-state index contributed by atoms with van der Waals surface area (Å²) in [6.07, 6.45) is 1.60. The van der Waals surface area contributed by atoms with Gasteiger partial charge in [-0.2, -0.15) is 5.10 Å². The van der Waals surface area contributed by atoms with Crippen LogP contribution in [0.2, 0.25) is 0 Å². The van der Waals surface area contributed by atoms with E-state index in [1.54, 1.807) is 13.3 Å². The molecule has 0 saturated heterocycles. The molecule has 1 N–H and O–H groups in total. The highest BCUT2D eigenvalue weighted by atomic mass is 32.1. The van der Waals surface area contributed by atoms with Crippen molar-refractivity contribution in [2.45, 2.75) is 13.1 Å². The van der Waals surface area contributed by atoms with Gasteiger partial charge in [0.25, 0.3) is 5.56 Å². The van der Waals surface area contributed by atoms with Gasteiger partial charge in [0.05, 0.1) is 13.3 Å². The molecular formula is C16H15N3O3S. The fourth-order valence-corrected chi connectivity index (χ4v) is 3.06. The van der Waals surface area contributed by atoms with Crippen LogP contribution in [0.15, 0.2) is 46.7 Å². The fourth-order valence-electron chi connectivity index (χ4n) is 2.24. The van der Waals surface area contributed by atoms with Gasteiger partial charge in [-0.1, -0.05) is 18.2 Å². The van der Waals surface area contributed by atoms with E-state index >= 15 is 0 Å². The van der Waals surface area contributed by atoms with E-state index in [4.69, 9.17) is 4.74 Å². The third-order valence-electron chi connectivity index (χ3n) is 3.42. The van der Waals surface area contributed by atoms with Gasteiger partial charge >= 0.3 is 0 Å². The number of fused-ring (bicyclic) bond motifs is 1. The number of hydrogen-bond donors (Lipinski definition) is 1. The van der Waals surface area contributed by atoms with Crippen molar-refractivity contribution in [1.82, 2.24) is 15.1 Å². The van der Waals surface area contributed by atoms with Crippen molar-refractivity contribution in [3.63, 3.8) is 0 Å². The number of ether oxygens (including phenoxy) is 1. The van der Waals surface area contributed by atoms with Gasteiger partial charge in [0.15, 0.2) is 0 Å². The predicted molar refractivity (Wildman–Crippen MR) is 88.7 cm³/mol. The molecule has 3 rings (SSSR count). The maximum Gasteiger partial charge on any atom is 0.285 e. The van der Waals surface area contributed by atoms with Gasteiger partial charge in [0.2, 0.25) is 5.91 Å². The first-order valence-corrected chi connectivity index (χ1v) is 7.89. The summed E-state index contributed by atoms with van der Waals surface area (Å²) in [6, 6.07) is 9.28. The molecule has 3 aromatic rings. The molecule has 23 heavy (non-hydrogen) atoms.